The lowest BCUT2D eigenvalue weighted by Gasteiger charge is -2.03. The van der Waals surface area contributed by atoms with Gasteiger partial charge in [0.05, 0.1) is 4.92 Å². The average Bonchev–Trinajstić information content (AvgIpc) is 2.38. The van der Waals surface area contributed by atoms with Crippen LogP contribution in [0.2, 0.25) is 0 Å². The number of nitrogens with zero attached hydrogens (tertiary/aromatic N) is 2. The maximum Gasteiger partial charge on any atom is 0.287 e. The van der Waals surface area contributed by atoms with Crippen molar-refractivity contribution in [3.8, 4) is 11.8 Å². The third kappa shape index (κ3) is 3.03. The Balaban J connectivity index is 2.32. The quantitative estimate of drug-likeness (QED) is 0.684. The van der Waals surface area contributed by atoms with Crippen molar-refractivity contribution in [1.29, 1.82) is 5.26 Å². The predicted octanol–water partition coefficient (Wildman–Crippen LogP) is 3.32. The SMILES string of the molecule is N#Cc1cc(Sc2cccc(O)c2)ccc1[N+](=O)[O-]. The number of hydrogen-bond acceptors (Lipinski definition) is 5. The summed E-state index contributed by atoms with van der Waals surface area (Å²) in [5, 5.41) is 29.0. The third-order valence-electron chi connectivity index (χ3n) is 2.34. The molecule has 0 bridgehead atoms. The van der Waals surface area contributed by atoms with Gasteiger partial charge in [-0.2, -0.15) is 5.26 Å². The zero-order valence-corrected chi connectivity index (χ0v) is 10.4. The van der Waals surface area contributed by atoms with Crippen LogP contribution in [0.3, 0.4) is 0 Å². The lowest BCUT2D eigenvalue weighted by Crippen LogP contribution is -1.92. The van der Waals surface area contributed by atoms with Gasteiger partial charge in [0.15, 0.2) is 0 Å². The standard InChI is InChI=1S/C13H8N2O3S/c14-8-9-6-12(4-5-13(9)15(17)18)19-11-3-1-2-10(16)7-11/h1-7,16H. The van der Waals surface area contributed by atoms with Gasteiger partial charge < -0.3 is 5.11 Å². The molecule has 19 heavy (non-hydrogen) atoms. The molecule has 2 aromatic carbocycles. The molecular formula is C13H8N2O3S. The molecule has 0 unspecified atom stereocenters. The molecule has 0 amide bonds. The first kappa shape index (κ1) is 12.9. The Kier molecular flexibility index (Phi) is 3.68. The molecule has 0 saturated carbocycles. The Morgan fingerprint density at radius 2 is 1.95 bits per heavy atom. The molecule has 0 saturated heterocycles. The van der Waals surface area contributed by atoms with E-state index in [1.165, 1.54) is 23.9 Å². The molecule has 1 N–H and O–H groups in total. The van der Waals surface area contributed by atoms with E-state index >= 15 is 0 Å². The molecule has 6 heteroatoms. The molecule has 0 atom stereocenters. The van der Waals surface area contributed by atoms with Crippen molar-refractivity contribution in [3.05, 3.63) is 58.1 Å². The maximum atomic E-state index is 10.7. The lowest BCUT2D eigenvalue weighted by molar-refractivity contribution is -0.385. The zero-order chi connectivity index (χ0) is 13.8. The topological polar surface area (TPSA) is 87.2 Å². The van der Waals surface area contributed by atoms with Gasteiger partial charge in [0, 0.05) is 15.9 Å². The fourth-order valence-corrected chi connectivity index (χ4v) is 2.42. The molecule has 0 heterocycles. The summed E-state index contributed by atoms with van der Waals surface area (Å²) in [7, 11) is 0. The van der Waals surface area contributed by atoms with E-state index in [-0.39, 0.29) is 17.0 Å². The fraction of sp³-hybridized carbons (Fsp3) is 0. The van der Waals surface area contributed by atoms with Gasteiger partial charge in [-0.15, -0.1) is 0 Å². The molecule has 2 aromatic rings. The summed E-state index contributed by atoms with van der Waals surface area (Å²) in [6, 6.07) is 12.8. The Morgan fingerprint density at radius 1 is 1.21 bits per heavy atom. The number of phenols is 1. The van der Waals surface area contributed by atoms with Crippen LogP contribution < -0.4 is 0 Å². The number of phenolic OH excluding ortho intramolecular Hbond substituents is 1. The highest BCUT2D eigenvalue weighted by Gasteiger charge is 2.14. The summed E-state index contributed by atoms with van der Waals surface area (Å²) in [5.74, 6) is 0.146. The van der Waals surface area contributed by atoms with Crippen molar-refractivity contribution in [3.63, 3.8) is 0 Å². The monoisotopic (exact) mass is 272 g/mol. The van der Waals surface area contributed by atoms with Crippen LogP contribution in [0.4, 0.5) is 5.69 Å². The van der Waals surface area contributed by atoms with Crippen LogP contribution in [0.15, 0.2) is 52.3 Å². The second-order valence-electron chi connectivity index (χ2n) is 3.65. The van der Waals surface area contributed by atoms with Crippen LogP contribution in [0.5, 0.6) is 5.75 Å². The van der Waals surface area contributed by atoms with Crippen molar-refractivity contribution < 1.29 is 10.0 Å². The van der Waals surface area contributed by atoms with Crippen molar-refractivity contribution in [2.45, 2.75) is 9.79 Å². The van der Waals surface area contributed by atoms with E-state index in [0.717, 1.165) is 4.90 Å². The maximum absolute atomic E-state index is 10.7. The number of aromatic hydroxyl groups is 1. The molecule has 94 valence electrons. The Hall–Kier alpha value is -2.52. The first-order valence-electron chi connectivity index (χ1n) is 5.25. The van der Waals surface area contributed by atoms with E-state index in [0.29, 0.717) is 4.90 Å². The number of nitriles is 1. The first-order chi connectivity index (χ1) is 9.10. The minimum Gasteiger partial charge on any atom is -0.508 e. The fourth-order valence-electron chi connectivity index (χ4n) is 1.51. The molecule has 0 aliphatic rings. The Labute approximate surface area is 113 Å². The third-order valence-corrected chi connectivity index (χ3v) is 3.32. The van der Waals surface area contributed by atoms with Crippen LogP contribution in [0.1, 0.15) is 5.56 Å². The van der Waals surface area contributed by atoms with Crippen LogP contribution >= 0.6 is 11.8 Å². The van der Waals surface area contributed by atoms with E-state index in [9.17, 15) is 15.2 Å². The second-order valence-corrected chi connectivity index (χ2v) is 4.79. The van der Waals surface area contributed by atoms with E-state index in [1.807, 2.05) is 6.07 Å². The van der Waals surface area contributed by atoms with Crippen LogP contribution in [-0.4, -0.2) is 10.0 Å². The smallest absolute Gasteiger partial charge is 0.287 e. The normalized spacial score (nSPS) is 9.84. The van der Waals surface area contributed by atoms with Gasteiger partial charge >= 0.3 is 0 Å². The van der Waals surface area contributed by atoms with Gasteiger partial charge in [-0.3, -0.25) is 10.1 Å². The van der Waals surface area contributed by atoms with Crippen LogP contribution in [0.25, 0.3) is 0 Å². The number of nitro groups is 1. The molecule has 0 aliphatic heterocycles. The summed E-state index contributed by atoms with van der Waals surface area (Å²) < 4.78 is 0. The number of benzene rings is 2. The van der Waals surface area contributed by atoms with Crippen LogP contribution in [-0.2, 0) is 0 Å². The summed E-state index contributed by atoms with van der Waals surface area (Å²) in [4.78, 5) is 11.6. The summed E-state index contributed by atoms with van der Waals surface area (Å²) >= 11 is 1.32. The highest BCUT2D eigenvalue weighted by atomic mass is 32.2. The highest BCUT2D eigenvalue weighted by molar-refractivity contribution is 7.99. The summed E-state index contributed by atoms with van der Waals surface area (Å²) in [6.45, 7) is 0. The molecule has 0 fully saturated rings. The molecule has 0 radical (unpaired) electrons. The van der Waals surface area contributed by atoms with E-state index in [2.05, 4.69) is 0 Å². The van der Waals surface area contributed by atoms with Gasteiger partial charge in [-0.05, 0) is 30.3 Å². The predicted molar refractivity (Wildman–Crippen MR) is 70.0 cm³/mol. The number of hydrogen-bond donors (Lipinski definition) is 1. The largest absolute Gasteiger partial charge is 0.508 e. The Morgan fingerprint density at radius 3 is 2.58 bits per heavy atom. The molecular weight excluding hydrogens is 264 g/mol. The zero-order valence-electron chi connectivity index (χ0n) is 9.61. The average molecular weight is 272 g/mol. The molecule has 0 aliphatic carbocycles. The van der Waals surface area contributed by atoms with Crippen molar-refractivity contribution in [2.75, 3.05) is 0 Å². The molecule has 0 aromatic heterocycles. The minimum absolute atomic E-state index is 0.0233. The van der Waals surface area contributed by atoms with Gasteiger partial charge in [-0.1, -0.05) is 17.8 Å². The number of rotatable bonds is 3. The minimum atomic E-state index is -0.582. The molecule has 2 rings (SSSR count). The summed E-state index contributed by atoms with van der Waals surface area (Å²) in [6.07, 6.45) is 0. The number of nitro benzene ring substituents is 1. The summed E-state index contributed by atoms with van der Waals surface area (Å²) in [5.41, 5.74) is -0.182. The molecule has 5 nitrogen and oxygen atoms in total. The van der Waals surface area contributed by atoms with Gasteiger partial charge in [0.25, 0.3) is 5.69 Å². The second kappa shape index (κ2) is 5.42. The van der Waals surface area contributed by atoms with E-state index in [1.54, 1.807) is 30.3 Å². The van der Waals surface area contributed by atoms with Crippen LogP contribution in [0, 0.1) is 21.4 Å². The molecule has 0 spiro atoms. The van der Waals surface area contributed by atoms with Crippen molar-refractivity contribution in [2.24, 2.45) is 0 Å². The lowest BCUT2D eigenvalue weighted by atomic mass is 10.2. The van der Waals surface area contributed by atoms with Gasteiger partial charge in [-0.25, -0.2) is 0 Å². The van der Waals surface area contributed by atoms with E-state index < -0.39 is 4.92 Å². The van der Waals surface area contributed by atoms with Gasteiger partial charge in [0.2, 0.25) is 0 Å². The highest BCUT2D eigenvalue weighted by Crippen LogP contribution is 2.32. The Bertz CT molecular complexity index is 680. The van der Waals surface area contributed by atoms with E-state index in [4.69, 9.17) is 5.26 Å². The van der Waals surface area contributed by atoms with Gasteiger partial charge in [0.1, 0.15) is 17.4 Å². The van der Waals surface area contributed by atoms with Crippen molar-refractivity contribution in [1.82, 2.24) is 0 Å². The van der Waals surface area contributed by atoms with Crippen molar-refractivity contribution >= 4 is 17.4 Å². The first-order valence-corrected chi connectivity index (χ1v) is 6.07.